The lowest BCUT2D eigenvalue weighted by molar-refractivity contribution is -0.117. The van der Waals surface area contributed by atoms with Crippen molar-refractivity contribution >= 4 is 11.6 Å². The van der Waals surface area contributed by atoms with Crippen molar-refractivity contribution in [2.75, 3.05) is 11.4 Å². The Morgan fingerprint density at radius 3 is 2.60 bits per heavy atom. The van der Waals surface area contributed by atoms with E-state index < -0.39 is 6.10 Å². The van der Waals surface area contributed by atoms with E-state index in [1.54, 1.807) is 35.5 Å². The third-order valence-corrected chi connectivity index (χ3v) is 3.12. The van der Waals surface area contributed by atoms with Gasteiger partial charge in [-0.15, -0.1) is 0 Å². The molecule has 1 amide bonds. The van der Waals surface area contributed by atoms with Crippen LogP contribution in [0.4, 0.5) is 5.69 Å². The highest BCUT2D eigenvalue weighted by Crippen LogP contribution is 2.26. The Hall–Kier alpha value is -2.40. The molecule has 20 heavy (non-hydrogen) atoms. The molecule has 1 aliphatic heterocycles. The molecule has 2 aromatic rings. The quantitative estimate of drug-likeness (QED) is 0.926. The molecule has 0 saturated carbocycles. The molecule has 5 heteroatoms. The zero-order chi connectivity index (χ0) is 13.9. The number of ether oxygens (including phenoxy) is 1. The van der Waals surface area contributed by atoms with Crippen LogP contribution in [0.1, 0.15) is 6.42 Å². The number of carbonyl (C=O) groups excluding carboxylic acids is 1. The minimum atomic E-state index is -0.575. The smallest absolute Gasteiger partial charge is 0.229 e. The van der Waals surface area contributed by atoms with E-state index in [9.17, 15) is 9.90 Å². The van der Waals surface area contributed by atoms with E-state index >= 15 is 0 Å². The fourth-order valence-corrected chi connectivity index (χ4v) is 2.18. The van der Waals surface area contributed by atoms with Gasteiger partial charge in [0.05, 0.1) is 25.3 Å². The number of pyridine rings is 1. The predicted octanol–water partition coefficient (Wildman–Crippen LogP) is 1.97. The number of hydrogen-bond donors (Lipinski definition) is 1. The molecule has 102 valence electrons. The van der Waals surface area contributed by atoms with Crippen molar-refractivity contribution in [3.63, 3.8) is 0 Å². The maximum Gasteiger partial charge on any atom is 0.229 e. The van der Waals surface area contributed by atoms with Crippen LogP contribution in [0.25, 0.3) is 0 Å². The van der Waals surface area contributed by atoms with Crippen molar-refractivity contribution in [2.24, 2.45) is 0 Å². The summed E-state index contributed by atoms with van der Waals surface area (Å²) in [4.78, 5) is 17.2. The molecule has 1 unspecified atom stereocenters. The first-order chi connectivity index (χ1) is 9.72. The van der Waals surface area contributed by atoms with Crippen LogP contribution in [0.2, 0.25) is 0 Å². The van der Waals surface area contributed by atoms with Crippen molar-refractivity contribution in [1.82, 2.24) is 4.98 Å². The van der Waals surface area contributed by atoms with Gasteiger partial charge in [0.2, 0.25) is 5.91 Å². The monoisotopic (exact) mass is 270 g/mol. The summed E-state index contributed by atoms with van der Waals surface area (Å²) in [6.07, 6.45) is 2.93. The second-order valence-electron chi connectivity index (χ2n) is 4.65. The number of amides is 1. The van der Waals surface area contributed by atoms with Gasteiger partial charge in [0.15, 0.2) is 0 Å². The molecule has 0 bridgehead atoms. The van der Waals surface area contributed by atoms with Crippen LogP contribution in [0.15, 0.2) is 48.8 Å². The summed E-state index contributed by atoms with van der Waals surface area (Å²) < 4.78 is 5.63. The van der Waals surface area contributed by atoms with Gasteiger partial charge < -0.3 is 14.7 Å². The van der Waals surface area contributed by atoms with E-state index in [1.165, 1.54) is 0 Å². The first kappa shape index (κ1) is 12.6. The van der Waals surface area contributed by atoms with Crippen LogP contribution >= 0.6 is 0 Å². The fourth-order valence-electron chi connectivity index (χ4n) is 2.18. The van der Waals surface area contributed by atoms with Gasteiger partial charge in [-0.25, -0.2) is 0 Å². The molecule has 1 aliphatic rings. The first-order valence-electron chi connectivity index (χ1n) is 6.39. The molecule has 1 saturated heterocycles. The van der Waals surface area contributed by atoms with Crippen molar-refractivity contribution in [1.29, 1.82) is 0 Å². The Balaban J connectivity index is 1.73. The highest BCUT2D eigenvalue weighted by molar-refractivity contribution is 5.96. The van der Waals surface area contributed by atoms with Crippen molar-refractivity contribution in [3.05, 3.63) is 48.8 Å². The van der Waals surface area contributed by atoms with E-state index in [1.807, 2.05) is 18.2 Å². The number of carbonyl (C=O) groups is 1. The van der Waals surface area contributed by atoms with Crippen LogP contribution in [0.3, 0.4) is 0 Å². The lowest BCUT2D eigenvalue weighted by Gasteiger charge is -2.16. The van der Waals surface area contributed by atoms with Crippen LogP contribution in [-0.2, 0) is 4.79 Å². The number of β-amino-alcohol motifs (C(OH)–C–C–N with tert-alkyl or cyclic N) is 1. The molecular weight excluding hydrogens is 256 g/mol. The Morgan fingerprint density at radius 1 is 1.20 bits per heavy atom. The standard InChI is InChI=1S/C15H14N2O3/c18-12-8-15(19)17(10-12)11-3-5-13(6-4-11)20-14-2-1-7-16-9-14/h1-7,9,12,18H,8,10H2. The number of hydrogen-bond acceptors (Lipinski definition) is 4. The highest BCUT2D eigenvalue weighted by Gasteiger charge is 2.28. The second kappa shape index (κ2) is 5.30. The molecule has 0 aliphatic carbocycles. The molecule has 2 heterocycles. The zero-order valence-electron chi connectivity index (χ0n) is 10.8. The molecular formula is C15H14N2O3. The van der Waals surface area contributed by atoms with Crippen molar-refractivity contribution < 1.29 is 14.6 Å². The molecule has 5 nitrogen and oxygen atoms in total. The maximum atomic E-state index is 11.7. The van der Waals surface area contributed by atoms with Gasteiger partial charge in [-0.1, -0.05) is 0 Å². The van der Waals surface area contributed by atoms with E-state index in [-0.39, 0.29) is 12.3 Å². The van der Waals surface area contributed by atoms with Crippen LogP contribution in [0.5, 0.6) is 11.5 Å². The number of aliphatic hydroxyl groups is 1. The maximum absolute atomic E-state index is 11.7. The van der Waals surface area contributed by atoms with Gasteiger partial charge in [-0.05, 0) is 36.4 Å². The molecule has 0 spiro atoms. The van der Waals surface area contributed by atoms with Crippen LogP contribution in [-0.4, -0.2) is 28.6 Å². The van der Waals surface area contributed by atoms with Gasteiger partial charge in [-0.3, -0.25) is 9.78 Å². The molecule has 1 atom stereocenters. The Labute approximate surface area is 116 Å². The van der Waals surface area contributed by atoms with Crippen LogP contribution < -0.4 is 9.64 Å². The van der Waals surface area contributed by atoms with E-state index in [4.69, 9.17) is 4.74 Å². The third kappa shape index (κ3) is 2.62. The van der Waals surface area contributed by atoms with Gasteiger partial charge in [-0.2, -0.15) is 0 Å². The lowest BCUT2D eigenvalue weighted by Crippen LogP contribution is -2.24. The van der Waals surface area contributed by atoms with E-state index in [0.717, 1.165) is 5.69 Å². The van der Waals surface area contributed by atoms with Crippen molar-refractivity contribution in [2.45, 2.75) is 12.5 Å². The Kier molecular flexibility index (Phi) is 3.35. The van der Waals surface area contributed by atoms with E-state index in [0.29, 0.717) is 18.0 Å². The average molecular weight is 270 g/mol. The predicted molar refractivity (Wildman–Crippen MR) is 73.7 cm³/mol. The van der Waals surface area contributed by atoms with Crippen LogP contribution in [0, 0.1) is 0 Å². The summed E-state index contributed by atoms with van der Waals surface area (Å²) in [6.45, 7) is 0.349. The van der Waals surface area contributed by atoms with Crippen molar-refractivity contribution in [3.8, 4) is 11.5 Å². The van der Waals surface area contributed by atoms with Gasteiger partial charge in [0.25, 0.3) is 0 Å². The summed E-state index contributed by atoms with van der Waals surface area (Å²) in [6, 6.07) is 10.8. The molecule has 3 rings (SSSR count). The Morgan fingerprint density at radius 2 is 2.00 bits per heavy atom. The van der Waals surface area contributed by atoms with Gasteiger partial charge in [0, 0.05) is 11.9 Å². The topological polar surface area (TPSA) is 62.7 Å². The zero-order valence-corrected chi connectivity index (χ0v) is 10.8. The minimum Gasteiger partial charge on any atom is -0.456 e. The number of aliphatic hydroxyl groups excluding tert-OH is 1. The number of benzene rings is 1. The number of anilines is 1. The molecule has 0 radical (unpaired) electrons. The summed E-state index contributed by atoms with van der Waals surface area (Å²) >= 11 is 0. The molecule has 1 N–H and O–H groups in total. The summed E-state index contributed by atoms with van der Waals surface area (Å²) in [7, 11) is 0. The fraction of sp³-hybridized carbons (Fsp3) is 0.200. The van der Waals surface area contributed by atoms with Gasteiger partial charge in [0.1, 0.15) is 11.5 Å². The van der Waals surface area contributed by atoms with Gasteiger partial charge >= 0.3 is 0 Å². The average Bonchev–Trinajstić information content (AvgIpc) is 2.80. The minimum absolute atomic E-state index is 0.0570. The number of aromatic nitrogens is 1. The summed E-state index contributed by atoms with van der Waals surface area (Å²) in [5.74, 6) is 1.28. The molecule has 1 aromatic carbocycles. The Bertz CT molecular complexity index is 598. The largest absolute Gasteiger partial charge is 0.456 e. The number of rotatable bonds is 3. The normalized spacial score (nSPS) is 18.4. The lowest BCUT2D eigenvalue weighted by atomic mass is 10.3. The third-order valence-electron chi connectivity index (χ3n) is 3.12. The first-order valence-corrected chi connectivity index (χ1v) is 6.39. The molecule has 1 fully saturated rings. The van der Waals surface area contributed by atoms with E-state index in [2.05, 4.69) is 4.98 Å². The highest BCUT2D eigenvalue weighted by atomic mass is 16.5. The number of nitrogens with zero attached hydrogens (tertiary/aromatic N) is 2. The SMILES string of the molecule is O=C1CC(O)CN1c1ccc(Oc2cccnc2)cc1. The summed E-state index contributed by atoms with van der Waals surface area (Å²) in [5, 5.41) is 9.49. The second-order valence-corrected chi connectivity index (χ2v) is 4.65. The molecule has 1 aromatic heterocycles. The summed E-state index contributed by atoms with van der Waals surface area (Å²) in [5.41, 5.74) is 0.769.